The average Bonchev–Trinajstić information content (AvgIpc) is 2.55. The second-order valence-corrected chi connectivity index (χ2v) is 4.73. The average molecular weight is 316 g/mol. The van der Waals surface area contributed by atoms with E-state index in [0.29, 0.717) is 17.9 Å². The molecule has 0 fully saturated rings. The Bertz CT molecular complexity index is 669. The first kappa shape index (κ1) is 16.5. The summed E-state index contributed by atoms with van der Waals surface area (Å²) in [7, 11) is 0. The fourth-order valence-corrected chi connectivity index (χ4v) is 1.86. The Hall–Kier alpha value is -2.89. The summed E-state index contributed by atoms with van der Waals surface area (Å²) in [6.45, 7) is 2.33. The summed E-state index contributed by atoms with van der Waals surface area (Å²) in [5.74, 6) is -0.722. The van der Waals surface area contributed by atoms with E-state index in [1.54, 1.807) is 43.3 Å². The van der Waals surface area contributed by atoms with Gasteiger partial charge >= 0.3 is 12.0 Å². The number of esters is 1. The zero-order valence-corrected chi connectivity index (χ0v) is 12.6. The van der Waals surface area contributed by atoms with Crippen molar-refractivity contribution in [1.29, 1.82) is 0 Å². The van der Waals surface area contributed by atoms with E-state index in [2.05, 4.69) is 10.6 Å². The van der Waals surface area contributed by atoms with Crippen molar-refractivity contribution in [3.05, 3.63) is 65.5 Å². The molecular weight excluding hydrogens is 299 g/mol. The summed E-state index contributed by atoms with van der Waals surface area (Å²) in [6.07, 6.45) is 0. The zero-order chi connectivity index (χ0) is 16.7. The number of halogens is 1. The molecule has 0 aliphatic rings. The minimum Gasteiger partial charge on any atom is -0.462 e. The molecule has 2 rings (SSSR count). The molecule has 0 aliphatic heterocycles. The molecule has 0 bridgehead atoms. The zero-order valence-electron chi connectivity index (χ0n) is 12.6. The fourth-order valence-electron chi connectivity index (χ4n) is 1.86. The van der Waals surface area contributed by atoms with Gasteiger partial charge in [0.1, 0.15) is 5.82 Å². The number of carbonyl (C=O) groups excluding carboxylic acids is 2. The van der Waals surface area contributed by atoms with Crippen LogP contribution >= 0.6 is 0 Å². The first-order valence-electron chi connectivity index (χ1n) is 7.15. The van der Waals surface area contributed by atoms with Gasteiger partial charge in [0.15, 0.2) is 0 Å². The Balaban J connectivity index is 1.85. The lowest BCUT2D eigenvalue weighted by Crippen LogP contribution is -2.28. The summed E-state index contributed by atoms with van der Waals surface area (Å²) in [5, 5.41) is 5.31. The number of benzene rings is 2. The summed E-state index contributed by atoms with van der Waals surface area (Å²) in [6, 6.07) is 11.9. The van der Waals surface area contributed by atoms with Gasteiger partial charge < -0.3 is 15.4 Å². The van der Waals surface area contributed by atoms with Crippen LogP contribution in [0.5, 0.6) is 0 Å². The molecule has 0 heterocycles. The predicted octanol–water partition coefficient (Wildman–Crippen LogP) is 3.32. The lowest BCUT2D eigenvalue weighted by Gasteiger charge is -2.08. The molecule has 2 aromatic carbocycles. The monoisotopic (exact) mass is 316 g/mol. The van der Waals surface area contributed by atoms with Crippen LogP contribution in [-0.4, -0.2) is 18.6 Å². The fraction of sp³-hybridized carbons (Fsp3) is 0.176. The quantitative estimate of drug-likeness (QED) is 0.832. The van der Waals surface area contributed by atoms with E-state index in [1.807, 2.05) is 0 Å². The minimum absolute atomic E-state index is 0.285. The SMILES string of the molecule is CCOC(=O)c1ccc(NC(=O)NCc2ccc(F)cc2)cc1. The molecule has 120 valence electrons. The lowest BCUT2D eigenvalue weighted by molar-refractivity contribution is 0.0526. The van der Waals surface area contributed by atoms with Crippen LogP contribution in [0, 0.1) is 5.82 Å². The predicted molar refractivity (Wildman–Crippen MR) is 84.7 cm³/mol. The van der Waals surface area contributed by atoms with Crippen LogP contribution in [0.15, 0.2) is 48.5 Å². The minimum atomic E-state index is -0.403. The highest BCUT2D eigenvalue weighted by atomic mass is 19.1. The number of urea groups is 1. The summed E-state index contributed by atoms with van der Waals surface area (Å²) in [4.78, 5) is 23.3. The van der Waals surface area contributed by atoms with Crippen LogP contribution in [0.1, 0.15) is 22.8 Å². The molecule has 2 amide bonds. The van der Waals surface area contributed by atoms with Gasteiger partial charge in [-0.2, -0.15) is 0 Å². The first-order valence-corrected chi connectivity index (χ1v) is 7.15. The maximum Gasteiger partial charge on any atom is 0.338 e. The number of ether oxygens (including phenoxy) is 1. The Morgan fingerprint density at radius 1 is 1.04 bits per heavy atom. The second kappa shape index (κ2) is 7.93. The van der Waals surface area contributed by atoms with E-state index in [4.69, 9.17) is 4.74 Å². The summed E-state index contributed by atoms with van der Waals surface area (Å²) >= 11 is 0. The van der Waals surface area contributed by atoms with Crippen molar-refractivity contribution >= 4 is 17.7 Å². The van der Waals surface area contributed by atoms with Gasteiger partial charge in [-0.05, 0) is 48.9 Å². The maximum atomic E-state index is 12.8. The van der Waals surface area contributed by atoms with Gasteiger partial charge in [-0.15, -0.1) is 0 Å². The molecule has 0 saturated heterocycles. The van der Waals surface area contributed by atoms with E-state index in [0.717, 1.165) is 5.56 Å². The van der Waals surface area contributed by atoms with Crippen molar-refractivity contribution in [2.24, 2.45) is 0 Å². The third kappa shape index (κ3) is 5.10. The van der Waals surface area contributed by atoms with Crippen LogP contribution in [0.4, 0.5) is 14.9 Å². The van der Waals surface area contributed by atoms with Gasteiger partial charge in [0.2, 0.25) is 0 Å². The van der Waals surface area contributed by atoms with E-state index in [1.165, 1.54) is 12.1 Å². The number of carbonyl (C=O) groups is 2. The van der Waals surface area contributed by atoms with Crippen molar-refractivity contribution in [2.75, 3.05) is 11.9 Å². The van der Waals surface area contributed by atoms with Crippen molar-refractivity contribution in [1.82, 2.24) is 5.32 Å². The molecule has 0 radical (unpaired) electrons. The molecule has 0 aliphatic carbocycles. The molecule has 0 aromatic heterocycles. The van der Waals surface area contributed by atoms with Gasteiger partial charge in [-0.25, -0.2) is 14.0 Å². The molecule has 0 spiro atoms. The van der Waals surface area contributed by atoms with Gasteiger partial charge in [-0.3, -0.25) is 0 Å². The van der Waals surface area contributed by atoms with E-state index < -0.39 is 12.0 Å². The molecular formula is C17H17FN2O3. The van der Waals surface area contributed by atoms with Gasteiger partial charge in [0.25, 0.3) is 0 Å². The lowest BCUT2D eigenvalue weighted by atomic mass is 10.2. The summed E-state index contributed by atoms with van der Waals surface area (Å²) < 4.78 is 17.7. The standard InChI is InChI=1S/C17H17FN2O3/c1-2-23-16(21)13-5-9-15(10-6-13)20-17(22)19-11-12-3-7-14(18)8-4-12/h3-10H,2,11H2,1H3,(H2,19,20,22). The Morgan fingerprint density at radius 2 is 1.70 bits per heavy atom. The van der Waals surface area contributed by atoms with Crippen LogP contribution in [-0.2, 0) is 11.3 Å². The van der Waals surface area contributed by atoms with Crippen LogP contribution in [0.3, 0.4) is 0 Å². The molecule has 23 heavy (non-hydrogen) atoms. The van der Waals surface area contributed by atoms with E-state index in [-0.39, 0.29) is 12.4 Å². The highest BCUT2D eigenvalue weighted by Crippen LogP contribution is 2.10. The largest absolute Gasteiger partial charge is 0.462 e. The van der Waals surface area contributed by atoms with E-state index >= 15 is 0 Å². The number of rotatable bonds is 5. The van der Waals surface area contributed by atoms with Crippen molar-refractivity contribution in [2.45, 2.75) is 13.5 Å². The topological polar surface area (TPSA) is 67.4 Å². The van der Waals surface area contributed by atoms with Crippen molar-refractivity contribution < 1.29 is 18.7 Å². The molecule has 0 saturated carbocycles. The van der Waals surface area contributed by atoms with Crippen LogP contribution < -0.4 is 10.6 Å². The van der Waals surface area contributed by atoms with E-state index in [9.17, 15) is 14.0 Å². The highest BCUT2D eigenvalue weighted by Gasteiger charge is 2.07. The number of anilines is 1. The molecule has 5 nitrogen and oxygen atoms in total. The molecule has 6 heteroatoms. The van der Waals surface area contributed by atoms with Crippen molar-refractivity contribution in [3.8, 4) is 0 Å². The molecule has 2 aromatic rings. The van der Waals surface area contributed by atoms with Crippen molar-refractivity contribution in [3.63, 3.8) is 0 Å². The van der Waals surface area contributed by atoms with Gasteiger partial charge in [0.05, 0.1) is 12.2 Å². The number of hydrogen-bond donors (Lipinski definition) is 2. The Kier molecular flexibility index (Phi) is 5.68. The normalized spacial score (nSPS) is 10.0. The number of hydrogen-bond acceptors (Lipinski definition) is 3. The smallest absolute Gasteiger partial charge is 0.338 e. The Labute approximate surface area is 133 Å². The maximum absolute atomic E-state index is 12.8. The highest BCUT2D eigenvalue weighted by molar-refractivity contribution is 5.92. The van der Waals surface area contributed by atoms with Crippen LogP contribution in [0.2, 0.25) is 0 Å². The molecule has 0 atom stereocenters. The number of nitrogens with one attached hydrogen (secondary N) is 2. The van der Waals surface area contributed by atoms with Gasteiger partial charge in [0, 0.05) is 12.2 Å². The summed E-state index contributed by atoms with van der Waals surface area (Å²) in [5.41, 5.74) is 1.76. The van der Waals surface area contributed by atoms with Crippen LogP contribution in [0.25, 0.3) is 0 Å². The third-order valence-electron chi connectivity index (χ3n) is 3.02. The Morgan fingerprint density at radius 3 is 2.30 bits per heavy atom. The number of amides is 2. The second-order valence-electron chi connectivity index (χ2n) is 4.73. The third-order valence-corrected chi connectivity index (χ3v) is 3.02. The van der Waals surface area contributed by atoms with Gasteiger partial charge in [-0.1, -0.05) is 12.1 Å². The molecule has 2 N–H and O–H groups in total. The molecule has 0 unspecified atom stereocenters. The first-order chi connectivity index (χ1) is 11.1.